The highest BCUT2D eigenvalue weighted by molar-refractivity contribution is 4.82. The van der Waals surface area contributed by atoms with Gasteiger partial charge in [0, 0.05) is 25.6 Å². The molecule has 0 aromatic rings. The molecular formula is C10H20F3N3O. The van der Waals surface area contributed by atoms with Crippen LogP contribution >= 0.6 is 0 Å². The Morgan fingerprint density at radius 1 is 1.53 bits per heavy atom. The maximum Gasteiger partial charge on any atom is 0.389 e. The largest absolute Gasteiger partial charge is 0.389 e. The van der Waals surface area contributed by atoms with Crippen molar-refractivity contribution in [2.75, 3.05) is 26.2 Å². The van der Waals surface area contributed by atoms with E-state index in [4.69, 9.17) is 10.6 Å². The Kier molecular flexibility index (Phi) is 5.64. The summed E-state index contributed by atoms with van der Waals surface area (Å²) in [5.74, 6) is 5.30. The van der Waals surface area contributed by atoms with Gasteiger partial charge in [-0.05, 0) is 13.0 Å². The number of hydrazine groups is 1. The van der Waals surface area contributed by atoms with Crippen molar-refractivity contribution in [2.24, 2.45) is 5.84 Å². The SMILES string of the molecule is CCN1CCOC(C(CCC(F)(F)F)NN)C1. The van der Waals surface area contributed by atoms with Crippen LogP contribution < -0.4 is 11.3 Å². The summed E-state index contributed by atoms with van der Waals surface area (Å²) in [7, 11) is 0. The first-order valence-electron chi connectivity index (χ1n) is 5.83. The van der Waals surface area contributed by atoms with Gasteiger partial charge in [-0.25, -0.2) is 0 Å². The van der Waals surface area contributed by atoms with Crippen LogP contribution in [0.5, 0.6) is 0 Å². The molecule has 1 aliphatic rings. The van der Waals surface area contributed by atoms with Crippen molar-refractivity contribution < 1.29 is 17.9 Å². The van der Waals surface area contributed by atoms with Crippen LogP contribution in [0.3, 0.4) is 0 Å². The molecule has 4 nitrogen and oxygen atoms in total. The predicted molar refractivity (Wildman–Crippen MR) is 58.3 cm³/mol. The van der Waals surface area contributed by atoms with Gasteiger partial charge in [0.05, 0.1) is 12.7 Å². The quantitative estimate of drug-likeness (QED) is 0.565. The van der Waals surface area contributed by atoms with Crippen LogP contribution in [0.15, 0.2) is 0 Å². The van der Waals surface area contributed by atoms with Crippen LogP contribution in [0.4, 0.5) is 13.2 Å². The van der Waals surface area contributed by atoms with Gasteiger partial charge in [0.1, 0.15) is 0 Å². The molecule has 1 rings (SSSR count). The van der Waals surface area contributed by atoms with E-state index in [1.807, 2.05) is 6.92 Å². The van der Waals surface area contributed by atoms with Gasteiger partial charge in [0.25, 0.3) is 0 Å². The molecule has 2 unspecified atom stereocenters. The second-order valence-corrected chi connectivity index (χ2v) is 4.23. The fourth-order valence-corrected chi connectivity index (χ4v) is 1.96. The minimum atomic E-state index is -4.14. The topological polar surface area (TPSA) is 50.5 Å². The van der Waals surface area contributed by atoms with Crippen molar-refractivity contribution in [1.29, 1.82) is 0 Å². The Labute approximate surface area is 99.2 Å². The van der Waals surface area contributed by atoms with Crippen LogP contribution in [0.1, 0.15) is 19.8 Å². The second-order valence-electron chi connectivity index (χ2n) is 4.23. The monoisotopic (exact) mass is 255 g/mol. The Balaban J connectivity index is 2.43. The minimum absolute atomic E-state index is 0.0534. The van der Waals surface area contributed by atoms with Crippen LogP contribution in [0, 0.1) is 0 Å². The molecule has 0 spiro atoms. The number of ether oxygens (including phenoxy) is 1. The van der Waals surface area contributed by atoms with E-state index in [9.17, 15) is 13.2 Å². The maximum absolute atomic E-state index is 12.1. The number of nitrogens with zero attached hydrogens (tertiary/aromatic N) is 1. The Morgan fingerprint density at radius 3 is 2.76 bits per heavy atom. The molecule has 0 saturated carbocycles. The van der Waals surface area contributed by atoms with E-state index >= 15 is 0 Å². The molecule has 1 heterocycles. The van der Waals surface area contributed by atoms with E-state index in [2.05, 4.69) is 10.3 Å². The number of hydrogen-bond acceptors (Lipinski definition) is 4. The molecule has 0 aromatic heterocycles. The highest BCUT2D eigenvalue weighted by atomic mass is 19.4. The van der Waals surface area contributed by atoms with E-state index in [-0.39, 0.29) is 12.5 Å². The summed E-state index contributed by atoms with van der Waals surface area (Å²) in [6, 6.07) is -0.453. The van der Waals surface area contributed by atoms with Crippen molar-refractivity contribution in [3.8, 4) is 0 Å². The van der Waals surface area contributed by atoms with Gasteiger partial charge < -0.3 is 4.74 Å². The van der Waals surface area contributed by atoms with Gasteiger partial charge >= 0.3 is 6.18 Å². The molecule has 1 aliphatic heterocycles. The average Bonchev–Trinajstić information content (AvgIpc) is 2.29. The molecule has 7 heteroatoms. The molecule has 2 atom stereocenters. The molecule has 0 radical (unpaired) electrons. The predicted octanol–water partition coefficient (Wildman–Crippen LogP) is 0.881. The lowest BCUT2D eigenvalue weighted by Gasteiger charge is -2.36. The molecule has 102 valence electrons. The van der Waals surface area contributed by atoms with Gasteiger partial charge in [-0.15, -0.1) is 0 Å². The van der Waals surface area contributed by atoms with E-state index < -0.39 is 18.6 Å². The average molecular weight is 255 g/mol. The first-order valence-corrected chi connectivity index (χ1v) is 5.83. The number of nitrogens with two attached hydrogens (primary N) is 1. The van der Waals surface area contributed by atoms with Gasteiger partial charge in [-0.1, -0.05) is 6.92 Å². The van der Waals surface area contributed by atoms with Gasteiger partial charge in [0.2, 0.25) is 0 Å². The summed E-state index contributed by atoms with van der Waals surface area (Å²) in [5, 5.41) is 0. The lowest BCUT2D eigenvalue weighted by atomic mass is 10.0. The van der Waals surface area contributed by atoms with Crippen LogP contribution in [-0.4, -0.2) is 49.5 Å². The van der Waals surface area contributed by atoms with E-state index in [1.54, 1.807) is 0 Å². The molecule has 1 saturated heterocycles. The lowest BCUT2D eigenvalue weighted by Crippen LogP contribution is -2.54. The van der Waals surface area contributed by atoms with Crippen molar-refractivity contribution in [3.63, 3.8) is 0 Å². The third-order valence-electron chi connectivity index (χ3n) is 3.03. The van der Waals surface area contributed by atoms with Gasteiger partial charge in [-0.3, -0.25) is 16.2 Å². The number of morpholine rings is 1. The fourth-order valence-electron chi connectivity index (χ4n) is 1.96. The number of nitrogens with one attached hydrogen (secondary N) is 1. The zero-order valence-electron chi connectivity index (χ0n) is 9.96. The van der Waals surface area contributed by atoms with E-state index in [0.29, 0.717) is 13.2 Å². The Bertz CT molecular complexity index is 225. The third-order valence-corrected chi connectivity index (χ3v) is 3.03. The summed E-state index contributed by atoms with van der Waals surface area (Å²) in [4.78, 5) is 2.14. The van der Waals surface area contributed by atoms with Crippen LogP contribution in [0.2, 0.25) is 0 Å². The molecule has 0 aliphatic carbocycles. The highest BCUT2D eigenvalue weighted by Crippen LogP contribution is 2.24. The summed E-state index contributed by atoms with van der Waals surface area (Å²) < 4.78 is 41.9. The minimum Gasteiger partial charge on any atom is -0.374 e. The maximum atomic E-state index is 12.1. The number of alkyl halides is 3. The standard InChI is InChI=1S/C10H20F3N3O/c1-2-16-5-6-17-9(7-16)8(15-14)3-4-10(11,12)13/h8-9,15H,2-7,14H2,1H3. The zero-order valence-corrected chi connectivity index (χ0v) is 9.96. The smallest absolute Gasteiger partial charge is 0.374 e. The molecular weight excluding hydrogens is 235 g/mol. The van der Waals surface area contributed by atoms with E-state index in [1.165, 1.54) is 0 Å². The summed E-state index contributed by atoms with van der Waals surface area (Å²) in [6.07, 6.45) is -5.30. The summed E-state index contributed by atoms with van der Waals surface area (Å²) >= 11 is 0. The number of rotatable bonds is 5. The van der Waals surface area contributed by atoms with Gasteiger partial charge in [-0.2, -0.15) is 13.2 Å². The zero-order chi connectivity index (χ0) is 12.9. The Hall–Kier alpha value is -0.370. The van der Waals surface area contributed by atoms with Crippen LogP contribution in [0.25, 0.3) is 0 Å². The normalized spacial score (nSPS) is 24.9. The second kappa shape index (κ2) is 6.53. The first kappa shape index (κ1) is 14.7. The highest BCUT2D eigenvalue weighted by Gasteiger charge is 2.32. The first-order chi connectivity index (χ1) is 7.96. The number of likely N-dealkylation sites (N-methyl/N-ethyl adjacent to an activating group) is 1. The third kappa shape index (κ3) is 5.20. The summed E-state index contributed by atoms with van der Waals surface area (Å²) in [5.41, 5.74) is 2.44. The van der Waals surface area contributed by atoms with Crippen molar-refractivity contribution in [3.05, 3.63) is 0 Å². The number of halogens is 3. The van der Waals surface area contributed by atoms with Gasteiger partial charge in [0.15, 0.2) is 0 Å². The Morgan fingerprint density at radius 2 is 2.24 bits per heavy atom. The van der Waals surface area contributed by atoms with Crippen molar-refractivity contribution >= 4 is 0 Å². The lowest BCUT2D eigenvalue weighted by molar-refractivity contribution is -0.140. The molecule has 17 heavy (non-hydrogen) atoms. The van der Waals surface area contributed by atoms with Crippen molar-refractivity contribution in [2.45, 2.75) is 38.1 Å². The molecule has 0 amide bonds. The van der Waals surface area contributed by atoms with E-state index in [0.717, 1.165) is 13.1 Å². The molecule has 0 bridgehead atoms. The number of hydrogen-bond donors (Lipinski definition) is 2. The molecule has 0 aromatic carbocycles. The fraction of sp³-hybridized carbons (Fsp3) is 1.00. The summed E-state index contributed by atoms with van der Waals surface area (Å²) in [6.45, 7) is 4.88. The van der Waals surface area contributed by atoms with Crippen LogP contribution in [-0.2, 0) is 4.74 Å². The van der Waals surface area contributed by atoms with Crippen molar-refractivity contribution in [1.82, 2.24) is 10.3 Å². The molecule has 3 N–H and O–H groups in total. The molecule has 1 fully saturated rings.